The van der Waals surface area contributed by atoms with Crippen LogP contribution in [0.1, 0.15) is 30.6 Å². The number of nitrogens with one attached hydrogen (secondary N) is 1. The Morgan fingerprint density at radius 2 is 1.87 bits per heavy atom. The molecule has 1 aromatic rings. The summed E-state index contributed by atoms with van der Waals surface area (Å²) < 4.78 is 33.4. The summed E-state index contributed by atoms with van der Waals surface area (Å²) in [5.41, 5.74) is 0.379. The first-order valence-electron chi connectivity index (χ1n) is 7.39. The Labute approximate surface area is 136 Å². The van der Waals surface area contributed by atoms with Crippen LogP contribution in [0.2, 0.25) is 0 Å². The molecule has 0 bridgehead atoms. The number of hydrogen-bond acceptors (Lipinski definition) is 5. The largest absolute Gasteiger partial charge is 0.352 e. The number of amides is 1. The normalized spacial score (nSPS) is 18.6. The van der Waals surface area contributed by atoms with E-state index in [1.165, 1.54) is 24.3 Å². The lowest BCUT2D eigenvalue weighted by Crippen LogP contribution is -2.34. The van der Waals surface area contributed by atoms with Gasteiger partial charge in [0.2, 0.25) is 10.0 Å². The van der Waals surface area contributed by atoms with E-state index in [0.29, 0.717) is 31.7 Å². The second kappa shape index (κ2) is 6.96. The first kappa shape index (κ1) is 17.9. The van der Waals surface area contributed by atoms with Gasteiger partial charge in [0.15, 0.2) is 5.79 Å². The first-order valence-corrected chi connectivity index (χ1v) is 8.93. The van der Waals surface area contributed by atoms with Gasteiger partial charge in [-0.05, 0) is 37.1 Å². The summed E-state index contributed by atoms with van der Waals surface area (Å²) in [6, 6.07) is 5.50. The van der Waals surface area contributed by atoms with Crippen molar-refractivity contribution in [3.63, 3.8) is 0 Å². The molecule has 3 N–H and O–H groups in total. The number of carbonyl (C=O) groups is 1. The average molecular weight is 342 g/mol. The van der Waals surface area contributed by atoms with E-state index in [1.807, 2.05) is 13.8 Å². The molecule has 0 unspecified atom stereocenters. The number of carbonyl (C=O) groups excluding carboxylic acids is 1. The van der Waals surface area contributed by atoms with Crippen molar-refractivity contribution in [2.75, 3.05) is 19.8 Å². The van der Waals surface area contributed by atoms with E-state index in [9.17, 15) is 13.2 Å². The highest BCUT2D eigenvalue weighted by atomic mass is 32.2. The molecule has 0 aliphatic carbocycles. The SMILES string of the molecule is C[C@@H](CNC(=O)c1ccc(S(N)(=O)=O)cc1)CC1(C)OCCO1. The molecule has 1 heterocycles. The fourth-order valence-electron chi connectivity index (χ4n) is 2.54. The summed E-state index contributed by atoms with van der Waals surface area (Å²) in [4.78, 5) is 12.1. The minimum atomic E-state index is -3.75. The molecule has 1 saturated heterocycles. The van der Waals surface area contributed by atoms with E-state index < -0.39 is 15.8 Å². The standard InChI is InChI=1S/C15H22N2O5S/c1-11(9-15(2)21-7-8-22-15)10-17-14(18)12-3-5-13(6-4-12)23(16,19)20/h3-6,11H,7-10H2,1-2H3,(H,17,18)(H2,16,19,20)/t11-/m1/s1. The lowest BCUT2D eigenvalue weighted by molar-refractivity contribution is -0.153. The zero-order valence-corrected chi connectivity index (χ0v) is 14.1. The van der Waals surface area contributed by atoms with E-state index in [0.717, 1.165) is 0 Å². The van der Waals surface area contributed by atoms with Crippen LogP contribution in [-0.2, 0) is 19.5 Å². The number of rotatable bonds is 6. The van der Waals surface area contributed by atoms with Crippen molar-refractivity contribution in [3.05, 3.63) is 29.8 Å². The third-order valence-electron chi connectivity index (χ3n) is 3.67. The predicted molar refractivity (Wildman–Crippen MR) is 84.2 cm³/mol. The lowest BCUT2D eigenvalue weighted by atomic mass is 10.0. The van der Waals surface area contributed by atoms with Gasteiger partial charge in [-0.2, -0.15) is 0 Å². The van der Waals surface area contributed by atoms with Crippen LogP contribution >= 0.6 is 0 Å². The van der Waals surface area contributed by atoms with Gasteiger partial charge < -0.3 is 14.8 Å². The minimum absolute atomic E-state index is 0.0223. The Kier molecular flexibility index (Phi) is 5.41. The maximum Gasteiger partial charge on any atom is 0.251 e. The number of ether oxygens (including phenoxy) is 2. The number of sulfonamides is 1. The van der Waals surface area contributed by atoms with Gasteiger partial charge in [-0.15, -0.1) is 0 Å². The third-order valence-corrected chi connectivity index (χ3v) is 4.60. The molecule has 0 spiro atoms. The van der Waals surface area contributed by atoms with Crippen LogP contribution in [0.3, 0.4) is 0 Å². The molecule has 1 amide bonds. The predicted octanol–water partition coefficient (Wildman–Crippen LogP) is 0.853. The van der Waals surface area contributed by atoms with Crippen LogP contribution in [0.5, 0.6) is 0 Å². The monoisotopic (exact) mass is 342 g/mol. The van der Waals surface area contributed by atoms with Crippen molar-refractivity contribution >= 4 is 15.9 Å². The van der Waals surface area contributed by atoms with Gasteiger partial charge in [0.1, 0.15) is 0 Å². The molecule has 1 aromatic carbocycles. The summed E-state index contributed by atoms with van der Waals surface area (Å²) in [5, 5.41) is 7.84. The van der Waals surface area contributed by atoms with Gasteiger partial charge in [-0.3, -0.25) is 4.79 Å². The van der Waals surface area contributed by atoms with E-state index in [2.05, 4.69) is 5.32 Å². The van der Waals surface area contributed by atoms with Gasteiger partial charge in [-0.25, -0.2) is 13.6 Å². The molecule has 1 aliphatic rings. The van der Waals surface area contributed by atoms with Crippen molar-refractivity contribution in [2.24, 2.45) is 11.1 Å². The molecule has 0 aromatic heterocycles. The molecule has 0 saturated carbocycles. The van der Waals surface area contributed by atoms with Gasteiger partial charge in [0.05, 0.1) is 18.1 Å². The van der Waals surface area contributed by atoms with Crippen molar-refractivity contribution in [1.82, 2.24) is 5.32 Å². The molecule has 128 valence electrons. The number of hydrogen-bond donors (Lipinski definition) is 2. The number of benzene rings is 1. The van der Waals surface area contributed by atoms with Gasteiger partial charge in [0.25, 0.3) is 5.91 Å². The van der Waals surface area contributed by atoms with Crippen LogP contribution < -0.4 is 10.5 Å². The highest BCUT2D eigenvalue weighted by Gasteiger charge is 2.32. The van der Waals surface area contributed by atoms with Crippen molar-refractivity contribution in [1.29, 1.82) is 0 Å². The van der Waals surface area contributed by atoms with Crippen LogP contribution in [-0.4, -0.2) is 39.9 Å². The highest BCUT2D eigenvalue weighted by Crippen LogP contribution is 2.26. The summed E-state index contributed by atoms with van der Waals surface area (Å²) in [6.45, 7) is 5.54. The Hall–Kier alpha value is -1.48. The molecule has 2 rings (SSSR count). The zero-order chi connectivity index (χ0) is 17.1. The van der Waals surface area contributed by atoms with E-state index >= 15 is 0 Å². The fraction of sp³-hybridized carbons (Fsp3) is 0.533. The van der Waals surface area contributed by atoms with Gasteiger partial charge >= 0.3 is 0 Å². The molecule has 1 aliphatic heterocycles. The zero-order valence-electron chi connectivity index (χ0n) is 13.2. The molecule has 1 atom stereocenters. The molecule has 0 radical (unpaired) electrons. The highest BCUT2D eigenvalue weighted by molar-refractivity contribution is 7.89. The smallest absolute Gasteiger partial charge is 0.251 e. The topological polar surface area (TPSA) is 108 Å². The van der Waals surface area contributed by atoms with Gasteiger partial charge in [-0.1, -0.05) is 6.92 Å². The second-order valence-corrected chi connectivity index (χ2v) is 7.48. The summed E-state index contributed by atoms with van der Waals surface area (Å²) in [5.74, 6) is -0.677. The van der Waals surface area contributed by atoms with Crippen LogP contribution in [0.15, 0.2) is 29.2 Å². The van der Waals surface area contributed by atoms with E-state index in [4.69, 9.17) is 14.6 Å². The molecule has 1 fully saturated rings. The molecule has 23 heavy (non-hydrogen) atoms. The van der Waals surface area contributed by atoms with E-state index in [-0.39, 0.29) is 16.7 Å². The second-order valence-electron chi connectivity index (χ2n) is 5.92. The van der Waals surface area contributed by atoms with E-state index in [1.54, 1.807) is 0 Å². The third kappa shape index (κ3) is 5.00. The summed E-state index contributed by atoms with van der Waals surface area (Å²) >= 11 is 0. The molecular weight excluding hydrogens is 320 g/mol. The number of nitrogens with two attached hydrogens (primary N) is 1. The molecular formula is C15H22N2O5S. The van der Waals surface area contributed by atoms with Crippen LogP contribution in [0.4, 0.5) is 0 Å². The van der Waals surface area contributed by atoms with Gasteiger partial charge in [0, 0.05) is 18.5 Å². The average Bonchev–Trinajstić information content (AvgIpc) is 2.90. The molecule has 7 nitrogen and oxygen atoms in total. The Morgan fingerprint density at radius 1 is 1.30 bits per heavy atom. The Morgan fingerprint density at radius 3 is 2.39 bits per heavy atom. The fourth-order valence-corrected chi connectivity index (χ4v) is 3.06. The van der Waals surface area contributed by atoms with Crippen LogP contribution in [0.25, 0.3) is 0 Å². The quantitative estimate of drug-likeness (QED) is 0.797. The minimum Gasteiger partial charge on any atom is -0.352 e. The Bertz CT molecular complexity index is 651. The van der Waals surface area contributed by atoms with Crippen molar-refractivity contribution in [2.45, 2.75) is 31.0 Å². The molecule has 8 heteroatoms. The van der Waals surface area contributed by atoms with Crippen molar-refractivity contribution < 1.29 is 22.7 Å². The number of primary sulfonamides is 1. The lowest BCUT2D eigenvalue weighted by Gasteiger charge is -2.26. The van der Waals surface area contributed by atoms with Crippen molar-refractivity contribution in [3.8, 4) is 0 Å². The van der Waals surface area contributed by atoms with Crippen LogP contribution in [0, 0.1) is 5.92 Å². The maximum atomic E-state index is 12.1. The maximum absolute atomic E-state index is 12.1. The Balaban J connectivity index is 1.87. The summed E-state index contributed by atoms with van der Waals surface area (Å²) in [7, 11) is -3.75. The first-order chi connectivity index (χ1) is 10.7. The summed E-state index contributed by atoms with van der Waals surface area (Å²) in [6.07, 6.45) is 0.678.